The molecule has 28 heavy (non-hydrogen) atoms. The number of benzene rings is 1. The standard InChI is InChI=1S/C22H35N3O2S/c1-22(2,3)24-21(27)18-12-20-16(9-10-28-20)13-25(18)14-19(26)17(23)11-15-7-5-4-6-8-15/h4-8,16-20,26H,9-14,23H2,1-3H3,(H,24,27)/t16-,17?,18?,19?,20+/m1/s1. The Labute approximate surface area is 173 Å². The van der Waals surface area contributed by atoms with Gasteiger partial charge in [-0.1, -0.05) is 30.3 Å². The van der Waals surface area contributed by atoms with Gasteiger partial charge in [-0.25, -0.2) is 0 Å². The summed E-state index contributed by atoms with van der Waals surface area (Å²) in [6.45, 7) is 7.35. The zero-order valence-electron chi connectivity index (χ0n) is 17.3. The minimum atomic E-state index is -0.657. The first-order valence-electron chi connectivity index (χ1n) is 10.4. The topological polar surface area (TPSA) is 78.6 Å². The van der Waals surface area contributed by atoms with Crippen LogP contribution in [0.3, 0.4) is 0 Å². The first-order chi connectivity index (χ1) is 13.2. The number of rotatable bonds is 6. The Bertz CT molecular complexity index is 649. The van der Waals surface area contributed by atoms with Crippen LogP contribution >= 0.6 is 11.8 Å². The maximum Gasteiger partial charge on any atom is 0.237 e. The zero-order valence-corrected chi connectivity index (χ0v) is 18.1. The Kier molecular flexibility index (Phi) is 7.07. The minimum Gasteiger partial charge on any atom is -0.390 e. The third-order valence-corrected chi connectivity index (χ3v) is 7.22. The zero-order chi connectivity index (χ0) is 20.3. The Morgan fingerprint density at radius 3 is 2.75 bits per heavy atom. The molecule has 1 aromatic carbocycles. The van der Waals surface area contributed by atoms with Crippen LogP contribution in [0.2, 0.25) is 0 Å². The Hall–Kier alpha value is -1.08. The highest BCUT2D eigenvalue weighted by Crippen LogP contribution is 2.40. The third kappa shape index (κ3) is 5.72. The summed E-state index contributed by atoms with van der Waals surface area (Å²) in [5.41, 5.74) is 7.18. The average molecular weight is 406 g/mol. The predicted octanol–water partition coefficient (Wildman–Crippen LogP) is 2.03. The second-order valence-corrected chi connectivity index (χ2v) is 10.7. The van der Waals surface area contributed by atoms with Gasteiger partial charge >= 0.3 is 0 Å². The van der Waals surface area contributed by atoms with Crippen molar-refractivity contribution in [3.05, 3.63) is 35.9 Å². The monoisotopic (exact) mass is 405 g/mol. The van der Waals surface area contributed by atoms with Crippen LogP contribution in [0, 0.1) is 5.92 Å². The van der Waals surface area contributed by atoms with E-state index in [1.807, 2.05) is 62.9 Å². The van der Waals surface area contributed by atoms with Crippen LogP contribution in [0.5, 0.6) is 0 Å². The quantitative estimate of drug-likeness (QED) is 0.675. The molecule has 2 heterocycles. The van der Waals surface area contributed by atoms with Crippen molar-refractivity contribution >= 4 is 17.7 Å². The third-order valence-electron chi connectivity index (χ3n) is 5.74. The second kappa shape index (κ2) is 9.16. The average Bonchev–Trinajstić information content (AvgIpc) is 3.07. The highest BCUT2D eigenvalue weighted by Gasteiger charge is 2.42. The number of hydrogen-bond acceptors (Lipinski definition) is 5. The van der Waals surface area contributed by atoms with Gasteiger partial charge in [-0.3, -0.25) is 9.69 Å². The molecule has 2 fully saturated rings. The lowest BCUT2D eigenvalue weighted by Crippen LogP contribution is -2.59. The molecule has 0 spiro atoms. The van der Waals surface area contributed by atoms with Crippen molar-refractivity contribution < 1.29 is 9.90 Å². The first-order valence-corrected chi connectivity index (χ1v) is 11.4. The van der Waals surface area contributed by atoms with E-state index >= 15 is 0 Å². The number of amides is 1. The summed E-state index contributed by atoms with van der Waals surface area (Å²) in [4.78, 5) is 15.2. The van der Waals surface area contributed by atoms with Crippen LogP contribution in [0.25, 0.3) is 0 Å². The van der Waals surface area contributed by atoms with Crippen LogP contribution in [-0.4, -0.2) is 63.7 Å². The summed E-state index contributed by atoms with van der Waals surface area (Å²) in [5, 5.41) is 14.5. The number of fused-ring (bicyclic) bond motifs is 1. The summed E-state index contributed by atoms with van der Waals surface area (Å²) in [6, 6.07) is 9.50. The van der Waals surface area contributed by atoms with Crippen molar-refractivity contribution in [2.45, 2.75) is 69.0 Å². The summed E-state index contributed by atoms with van der Waals surface area (Å²) in [6.07, 6.45) is 2.04. The fourth-order valence-electron chi connectivity index (χ4n) is 4.29. The number of nitrogens with one attached hydrogen (secondary N) is 1. The number of hydrogen-bond donors (Lipinski definition) is 3. The van der Waals surface area contributed by atoms with Crippen molar-refractivity contribution in [3.8, 4) is 0 Å². The molecule has 0 aliphatic carbocycles. The van der Waals surface area contributed by atoms with Gasteiger partial charge in [0.25, 0.3) is 0 Å². The Morgan fingerprint density at radius 2 is 2.07 bits per heavy atom. The largest absolute Gasteiger partial charge is 0.390 e. The normalized spacial score (nSPS) is 27.8. The Balaban J connectivity index is 1.66. The number of nitrogens with two attached hydrogens (primary N) is 1. The number of aliphatic hydroxyl groups excluding tert-OH is 1. The molecule has 2 aliphatic rings. The number of carbonyl (C=O) groups excluding carboxylic acids is 1. The lowest BCUT2D eigenvalue weighted by molar-refractivity contribution is -0.130. The van der Waals surface area contributed by atoms with Crippen LogP contribution in [-0.2, 0) is 11.2 Å². The van der Waals surface area contributed by atoms with E-state index in [4.69, 9.17) is 5.73 Å². The predicted molar refractivity (Wildman–Crippen MR) is 116 cm³/mol. The van der Waals surface area contributed by atoms with Crippen molar-refractivity contribution in [1.29, 1.82) is 0 Å². The summed E-state index contributed by atoms with van der Waals surface area (Å²) >= 11 is 2.00. The molecule has 1 amide bonds. The molecule has 0 saturated carbocycles. The fourth-order valence-corrected chi connectivity index (χ4v) is 5.84. The molecule has 3 unspecified atom stereocenters. The van der Waals surface area contributed by atoms with Gasteiger partial charge in [-0.15, -0.1) is 0 Å². The number of likely N-dealkylation sites (tertiary alicyclic amines) is 1. The molecule has 4 N–H and O–H groups in total. The van der Waals surface area contributed by atoms with Crippen molar-refractivity contribution in [3.63, 3.8) is 0 Å². The van der Waals surface area contributed by atoms with Crippen molar-refractivity contribution in [2.75, 3.05) is 18.8 Å². The molecular weight excluding hydrogens is 370 g/mol. The summed E-state index contributed by atoms with van der Waals surface area (Å²) in [5.74, 6) is 1.86. The van der Waals surface area contributed by atoms with Crippen LogP contribution < -0.4 is 11.1 Å². The maximum atomic E-state index is 13.0. The minimum absolute atomic E-state index is 0.0716. The van der Waals surface area contributed by atoms with Gasteiger partial charge in [0.1, 0.15) is 0 Å². The van der Waals surface area contributed by atoms with E-state index < -0.39 is 6.10 Å². The lowest BCUT2D eigenvalue weighted by Gasteiger charge is -2.42. The molecule has 5 atom stereocenters. The number of carbonyl (C=O) groups is 1. The molecule has 5 nitrogen and oxygen atoms in total. The fraction of sp³-hybridized carbons (Fsp3) is 0.682. The van der Waals surface area contributed by atoms with Gasteiger partial charge in [-0.05, 0) is 57.3 Å². The van der Waals surface area contributed by atoms with E-state index in [0.717, 1.165) is 18.5 Å². The molecule has 0 radical (unpaired) electrons. The van der Waals surface area contributed by atoms with Crippen molar-refractivity contribution in [2.24, 2.45) is 11.7 Å². The van der Waals surface area contributed by atoms with Crippen molar-refractivity contribution in [1.82, 2.24) is 10.2 Å². The number of piperidine rings is 1. The van der Waals surface area contributed by atoms with Gasteiger partial charge in [0.2, 0.25) is 5.91 Å². The maximum absolute atomic E-state index is 13.0. The SMILES string of the molecule is CC(C)(C)NC(=O)C1C[C@@H]2SCC[C@@H]2CN1CC(O)C(N)Cc1ccccc1. The van der Waals surface area contributed by atoms with Crippen LogP contribution in [0.1, 0.15) is 39.2 Å². The van der Waals surface area contributed by atoms with E-state index in [0.29, 0.717) is 24.1 Å². The van der Waals surface area contributed by atoms with Crippen LogP contribution in [0.4, 0.5) is 0 Å². The van der Waals surface area contributed by atoms with Gasteiger partial charge in [0.05, 0.1) is 12.1 Å². The second-order valence-electron chi connectivity index (χ2n) is 9.32. The van der Waals surface area contributed by atoms with E-state index in [1.165, 1.54) is 12.2 Å². The molecule has 0 aromatic heterocycles. The number of β-amino-alcohol motifs (C(OH)–C–C–N with tert-alkyl or cyclic N) is 1. The number of thioether (sulfide) groups is 1. The molecular formula is C22H35N3O2S. The van der Waals surface area contributed by atoms with Gasteiger partial charge in [0.15, 0.2) is 0 Å². The molecule has 3 rings (SSSR count). The Morgan fingerprint density at radius 1 is 1.36 bits per heavy atom. The van der Waals surface area contributed by atoms with E-state index in [1.54, 1.807) is 0 Å². The van der Waals surface area contributed by atoms with Gasteiger partial charge in [0, 0.05) is 29.9 Å². The first kappa shape index (κ1) is 21.6. The summed E-state index contributed by atoms with van der Waals surface area (Å²) in [7, 11) is 0. The molecule has 0 bridgehead atoms. The molecule has 2 aliphatic heterocycles. The number of aliphatic hydroxyl groups is 1. The van der Waals surface area contributed by atoms with Crippen LogP contribution in [0.15, 0.2) is 30.3 Å². The molecule has 6 heteroatoms. The highest BCUT2D eigenvalue weighted by atomic mass is 32.2. The molecule has 1 aromatic rings. The van der Waals surface area contributed by atoms with E-state index in [-0.39, 0.29) is 23.5 Å². The van der Waals surface area contributed by atoms with E-state index in [9.17, 15) is 9.90 Å². The van der Waals surface area contributed by atoms with Gasteiger partial charge < -0.3 is 16.2 Å². The number of nitrogens with zero attached hydrogens (tertiary/aromatic N) is 1. The lowest BCUT2D eigenvalue weighted by atomic mass is 9.89. The summed E-state index contributed by atoms with van der Waals surface area (Å²) < 4.78 is 0. The molecule has 2 saturated heterocycles. The highest BCUT2D eigenvalue weighted by molar-refractivity contribution is 8.00. The molecule has 156 valence electrons. The van der Waals surface area contributed by atoms with E-state index in [2.05, 4.69) is 10.2 Å². The van der Waals surface area contributed by atoms with Gasteiger partial charge in [-0.2, -0.15) is 11.8 Å². The smallest absolute Gasteiger partial charge is 0.237 e.